The summed E-state index contributed by atoms with van der Waals surface area (Å²) < 4.78 is 10.3. The van der Waals surface area contributed by atoms with Crippen LogP contribution < -0.4 is 16.4 Å². The molecule has 1 fully saturated rings. The van der Waals surface area contributed by atoms with E-state index in [1.54, 1.807) is 7.05 Å². The van der Waals surface area contributed by atoms with E-state index < -0.39 is 17.7 Å². The van der Waals surface area contributed by atoms with Crippen molar-refractivity contribution in [1.29, 1.82) is 5.26 Å². The summed E-state index contributed by atoms with van der Waals surface area (Å²) in [5.74, 6) is -0.326. The molecule has 10 nitrogen and oxygen atoms in total. The van der Waals surface area contributed by atoms with Gasteiger partial charge in [0, 0.05) is 31.1 Å². The minimum Gasteiger partial charge on any atom is -0.465 e. The number of hydrogen-bond acceptors (Lipinski definition) is 9. The van der Waals surface area contributed by atoms with Crippen molar-refractivity contribution in [2.24, 2.45) is 10.7 Å². The van der Waals surface area contributed by atoms with Gasteiger partial charge in [0.2, 0.25) is 0 Å². The summed E-state index contributed by atoms with van der Waals surface area (Å²) in [4.78, 5) is 33.3. The van der Waals surface area contributed by atoms with Crippen molar-refractivity contribution in [1.82, 2.24) is 10.3 Å². The Morgan fingerprint density at radius 1 is 1.30 bits per heavy atom. The molecule has 1 aliphatic carbocycles. The van der Waals surface area contributed by atoms with Gasteiger partial charge in [-0.15, -0.1) is 0 Å². The van der Waals surface area contributed by atoms with Crippen LogP contribution in [-0.4, -0.2) is 55.1 Å². The van der Waals surface area contributed by atoms with Crippen LogP contribution in [0, 0.1) is 11.3 Å². The zero-order chi connectivity index (χ0) is 24.6. The van der Waals surface area contributed by atoms with Crippen molar-refractivity contribution < 1.29 is 19.1 Å². The molecule has 0 aromatic carbocycles. The van der Waals surface area contributed by atoms with Gasteiger partial charge in [-0.1, -0.05) is 12.8 Å². The smallest absolute Gasteiger partial charge is 0.407 e. The lowest BCUT2D eigenvalue weighted by Gasteiger charge is -2.34. The van der Waals surface area contributed by atoms with Crippen molar-refractivity contribution in [3.05, 3.63) is 29.1 Å². The van der Waals surface area contributed by atoms with Crippen molar-refractivity contribution in [2.75, 3.05) is 19.5 Å². The molecule has 0 bridgehead atoms. The molecule has 1 aromatic rings. The summed E-state index contributed by atoms with van der Waals surface area (Å²) in [5, 5.41) is 16.0. The van der Waals surface area contributed by atoms with E-state index in [0.717, 1.165) is 25.7 Å². The molecule has 0 aliphatic heterocycles. The number of ether oxygens (including phenoxy) is 2. The first-order chi connectivity index (χ1) is 15.6. The second-order valence-electron chi connectivity index (χ2n) is 8.68. The number of nitrogens with one attached hydrogen (secondary N) is 2. The molecule has 0 radical (unpaired) electrons. The van der Waals surface area contributed by atoms with E-state index in [0.29, 0.717) is 11.4 Å². The third-order valence-electron chi connectivity index (χ3n) is 5.05. The Bertz CT molecular complexity index is 974. The molecule has 2 atom stereocenters. The van der Waals surface area contributed by atoms with Crippen LogP contribution in [0.5, 0.6) is 0 Å². The minimum atomic E-state index is -0.702. The predicted molar refractivity (Wildman–Crippen MR) is 126 cm³/mol. The van der Waals surface area contributed by atoms with E-state index in [-0.39, 0.29) is 28.9 Å². The van der Waals surface area contributed by atoms with E-state index in [1.807, 2.05) is 26.8 Å². The highest BCUT2D eigenvalue weighted by atomic mass is 16.6. The highest BCUT2D eigenvalue weighted by molar-refractivity contribution is 6.13. The molecule has 178 valence electrons. The summed E-state index contributed by atoms with van der Waals surface area (Å²) in [6.07, 6.45) is 5.72. The van der Waals surface area contributed by atoms with Gasteiger partial charge in [0.15, 0.2) is 0 Å². The second kappa shape index (κ2) is 11.3. The number of esters is 1. The quantitative estimate of drug-likeness (QED) is 0.436. The predicted octanol–water partition coefficient (Wildman–Crippen LogP) is 2.99. The summed E-state index contributed by atoms with van der Waals surface area (Å²) >= 11 is 0. The number of carbonyl (C=O) groups is 2. The van der Waals surface area contributed by atoms with Gasteiger partial charge < -0.3 is 25.8 Å². The summed E-state index contributed by atoms with van der Waals surface area (Å²) in [7, 11) is 2.79. The number of hydrogen-bond donors (Lipinski definition) is 3. The van der Waals surface area contributed by atoms with Gasteiger partial charge in [-0.05, 0) is 39.7 Å². The number of rotatable bonds is 6. The van der Waals surface area contributed by atoms with Crippen LogP contribution in [0.25, 0.3) is 5.57 Å². The maximum atomic E-state index is 12.4. The van der Waals surface area contributed by atoms with Crippen LogP contribution in [-0.2, 0) is 9.47 Å². The van der Waals surface area contributed by atoms with Crippen molar-refractivity contribution in [2.45, 2.75) is 64.1 Å². The lowest BCUT2D eigenvalue weighted by molar-refractivity contribution is 0.0487. The minimum absolute atomic E-state index is 0.00854. The van der Waals surface area contributed by atoms with Crippen LogP contribution in [0.15, 0.2) is 17.3 Å². The molecular formula is C23H32N6O4. The summed E-state index contributed by atoms with van der Waals surface area (Å²) in [6, 6.07) is 3.19. The first-order valence-corrected chi connectivity index (χ1v) is 10.8. The maximum Gasteiger partial charge on any atom is 0.407 e. The Balaban J connectivity index is 2.41. The zero-order valence-electron chi connectivity index (χ0n) is 19.8. The lowest BCUT2D eigenvalue weighted by Crippen LogP contribution is -2.49. The molecule has 1 heterocycles. The Morgan fingerprint density at radius 3 is 2.52 bits per heavy atom. The number of nitriles is 1. The molecule has 0 spiro atoms. The fourth-order valence-electron chi connectivity index (χ4n) is 3.67. The van der Waals surface area contributed by atoms with Crippen molar-refractivity contribution in [3.63, 3.8) is 0 Å². The van der Waals surface area contributed by atoms with Crippen LogP contribution in [0.4, 0.5) is 10.6 Å². The van der Waals surface area contributed by atoms with E-state index in [1.165, 1.54) is 25.6 Å². The molecule has 33 heavy (non-hydrogen) atoms. The number of amides is 1. The number of allylic oxidation sites excluding steroid dienone is 1. The molecule has 0 saturated heterocycles. The molecule has 10 heteroatoms. The van der Waals surface area contributed by atoms with Crippen molar-refractivity contribution >= 4 is 29.7 Å². The summed E-state index contributed by atoms with van der Waals surface area (Å²) in [6.45, 7) is 5.43. The molecule has 1 saturated carbocycles. The lowest BCUT2D eigenvalue weighted by atomic mass is 9.90. The Labute approximate surface area is 194 Å². The summed E-state index contributed by atoms with van der Waals surface area (Å²) in [5.41, 5.74) is 5.79. The third-order valence-corrected chi connectivity index (χ3v) is 5.05. The van der Waals surface area contributed by atoms with Crippen LogP contribution in [0.1, 0.15) is 68.1 Å². The first-order valence-electron chi connectivity index (χ1n) is 10.8. The first kappa shape index (κ1) is 25.6. The van der Waals surface area contributed by atoms with E-state index >= 15 is 0 Å². The highest BCUT2D eigenvalue weighted by Crippen LogP contribution is 2.27. The number of aliphatic imine (C=N–C) groups is 1. The molecule has 4 N–H and O–H groups in total. The van der Waals surface area contributed by atoms with E-state index in [2.05, 4.69) is 20.6 Å². The number of carbonyl (C=O) groups excluding carboxylic acids is 2. The van der Waals surface area contributed by atoms with Crippen LogP contribution in [0.2, 0.25) is 0 Å². The molecule has 1 amide bonds. The van der Waals surface area contributed by atoms with Gasteiger partial charge >= 0.3 is 12.1 Å². The van der Waals surface area contributed by atoms with E-state index in [9.17, 15) is 14.9 Å². The van der Waals surface area contributed by atoms with Crippen molar-refractivity contribution in [3.8, 4) is 6.07 Å². The number of nitrogens with two attached hydrogens (primary N) is 1. The van der Waals surface area contributed by atoms with Gasteiger partial charge in [0.05, 0.1) is 24.4 Å². The Hall–Kier alpha value is -3.61. The molecular weight excluding hydrogens is 424 g/mol. The Morgan fingerprint density at radius 2 is 1.97 bits per heavy atom. The highest BCUT2D eigenvalue weighted by Gasteiger charge is 2.30. The standard InChI is InChI=1S/C23H32N6O4/c1-23(2,3)33-22(31)28-17-9-7-6-8-16(17)27-18-10-14(11-24)19(21(30)32-5)20(29-18)15(12-25)13-26-4/h10,12-13,16-17H,6-9,25H2,1-5H3,(H,27,29)(H,28,31). The molecule has 2 rings (SSSR count). The van der Waals surface area contributed by atoms with Gasteiger partial charge in [0.1, 0.15) is 23.1 Å². The zero-order valence-corrected chi connectivity index (χ0v) is 19.8. The maximum absolute atomic E-state index is 12.4. The number of aromatic nitrogens is 1. The average Bonchev–Trinajstić information content (AvgIpc) is 2.76. The number of methoxy groups -OCH3 is 1. The fraction of sp³-hybridized carbons (Fsp3) is 0.522. The van der Waals surface area contributed by atoms with Gasteiger partial charge in [0.25, 0.3) is 0 Å². The van der Waals surface area contributed by atoms with Crippen LogP contribution >= 0.6 is 0 Å². The number of anilines is 1. The molecule has 1 aliphatic rings. The third kappa shape index (κ3) is 6.94. The second-order valence-corrected chi connectivity index (χ2v) is 8.68. The normalized spacial score (nSPS) is 19.0. The average molecular weight is 457 g/mol. The van der Waals surface area contributed by atoms with E-state index in [4.69, 9.17) is 15.2 Å². The van der Waals surface area contributed by atoms with Crippen LogP contribution in [0.3, 0.4) is 0 Å². The SMILES string of the molecule is CN=CC(=CN)c1nc(NC2CCCCC2NC(=O)OC(C)(C)C)cc(C#N)c1C(=O)OC. The fourth-order valence-corrected chi connectivity index (χ4v) is 3.67. The molecule has 1 aromatic heterocycles. The molecule has 2 unspecified atom stereocenters. The van der Waals surface area contributed by atoms with Gasteiger partial charge in [-0.25, -0.2) is 14.6 Å². The number of nitrogens with zero attached hydrogens (tertiary/aromatic N) is 3. The van der Waals surface area contributed by atoms with Gasteiger partial charge in [-0.3, -0.25) is 4.99 Å². The number of pyridine rings is 1. The monoisotopic (exact) mass is 456 g/mol. The van der Waals surface area contributed by atoms with Gasteiger partial charge in [-0.2, -0.15) is 5.26 Å². The Kier molecular flexibility index (Phi) is 8.79. The number of alkyl carbamates (subject to hydrolysis) is 1. The largest absolute Gasteiger partial charge is 0.465 e. The topological polar surface area (TPSA) is 152 Å².